The first-order valence-corrected chi connectivity index (χ1v) is 11.2. The summed E-state index contributed by atoms with van der Waals surface area (Å²) in [4.78, 5) is 17.7. The number of ether oxygens (including phenoxy) is 1. The molecule has 0 radical (unpaired) electrons. The Kier molecular flexibility index (Phi) is 5.87. The molecule has 32 heavy (non-hydrogen) atoms. The zero-order valence-electron chi connectivity index (χ0n) is 17.6. The van der Waals surface area contributed by atoms with E-state index in [1.54, 1.807) is 12.1 Å². The normalized spacial score (nSPS) is 18.8. The second-order valence-corrected chi connectivity index (χ2v) is 8.60. The molecule has 3 aromatic rings. The van der Waals surface area contributed by atoms with E-state index in [0.717, 1.165) is 61.7 Å². The summed E-state index contributed by atoms with van der Waals surface area (Å²) in [5.41, 5.74) is 3.99. The maximum absolute atomic E-state index is 13.4. The van der Waals surface area contributed by atoms with Crippen LogP contribution in [-0.2, 0) is 4.74 Å². The molecule has 1 saturated heterocycles. The third-order valence-corrected chi connectivity index (χ3v) is 6.42. The van der Waals surface area contributed by atoms with E-state index in [-0.39, 0.29) is 17.7 Å². The number of aromatic nitrogens is 2. The second-order valence-electron chi connectivity index (χ2n) is 8.17. The lowest BCUT2D eigenvalue weighted by atomic mass is 9.96. The molecule has 1 fully saturated rings. The van der Waals surface area contributed by atoms with Gasteiger partial charge < -0.3 is 14.7 Å². The summed E-state index contributed by atoms with van der Waals surface area (Å²) in [5, 5.41) is 17.9. The van der Waals surface area contributed by atoms with Gasteiger partial charge in [0.1, 0.15) is 11.4 Å². The minimum absolute atomic E-state index is 0.0484. The molecule has 2 aliphatic rings. The lowest BCUT2D eigenvalue weighted by Gasteiger charge is -2.29. The highest BCUT2D eigenvalue weighted by Gasteiger charge is 2.41. The van der Waals surface area contributed by atoms with Crippen molar-refractivity contribution < 1.29 is 14.6 Å². The van der Waals surface area contributed by atoms with E-state index in [0.29, 0.717) is 17.3 Å². The Morgan fingerprint density at radius 1 is 1.06 bits per heavy atom. The molecule has 2 N–H and O–H groups in total. The topological polar surface area (TPSA) is 81.7 Å². The summed E-state index contributed by atoms with van der Waals surface area (Å²) < 4.78 is 5.43. The Bertz CT molecular complexity index is 1090. The van der Waals surface area contributed by atoms with Crippen LogP contribution in [0.5, 0.6) is 5.75 Å². The average Bonchev–Trinajstić information content (AvgIpc) is 3.35. The number of benzene rings is 2. The predicted molar refractivity (Wildman–Crippen MR) is 122 cm³/mol. The molecule has 5 rings (SSSR count). The molecule has 1 aromatic heterocycles. The monoisotopic (exact) mass is 452 g/mol. The number of phenols is 1. The van der Waals surface area contributed by atoms with Crippen LogP contribution in [0.15, 0.2) is 48.5 Å². The first-order valence-electron chi connectivity index (χ1n) is 10.9. The van der Waals surface area contributed by atoms with Gasteiger partial charge in [-0.3, -0.25) is 14.8 Å². The molecule has 1 unspecified atom stereocenters. The van der Waals surface area contributed by atoms with Gasteiger partial charge >= 0.3 is 0 Å². The van der Waals surface area contributed by atoms with E-state index in [9.17, 15) is 9.90 Å². The van der Waals surface area contributed by atoms with Crippen LogP contribution in [0.4, 0.5) is 0 Å². The lowest BCUT2D eigenvalue weighted by molar-refractivity contribution is 0.0354. The summed E-state index contributed by atoms with van der Waals surface area (Å²) in [6.07, 6.45) is 0.869. The van der Waals surface area contributed by atoms with Gasteiger partial charge in [0.05, 0.1) is 24.9 Å². The van der Waals surface area contributed by atoms with Gasteiger partial charge in [-0.25, -0.2) is 0 Å². The Morgan fingerprint density at radius 2 is 1.78 bits per heavy atom. The smallest absolute Gasteiger partial charge is 0.273 e. The molecule has 166 valence electrons. The van der Waals surface area contributed by atoms with Gasteiger partial charge in [-0.05, 0) is 36.2 Å². The molecule has 0 spiro atoms. The summed E-state index contributed by atoms with van der Waals surface area (Å²) in [6, 6.07) is 14.3. The third kappa shape index (κ3) is 3.99. The van der Waals surface area contributed by atoms with E-state index in [1.807, 2.05) is 41.3 Å². The van der Waals surface area contributed by atoms with Crippen molar-refractivity contribution in [2.75, 3.05) is 39.4 Å². The van der Waals surface area contributed by atoms with Gasteiger partial charge in [0.25, 0.3) is 5.91 Å². The van der Waals surface area contributed by atoms with Gasteiger partial charge in [0.15, 0.2) is 0 Å². The molecular weight excluding hydrogens is 428 g/mol. The fraction of sp³-hybridized carbons (Fsp3) is 0.333. The summed E-state index contributed by atoms with van der Waals surface area (Å²) >= 11 is 6.07. The van der Waals surface area contributed by atoms with Crippen molar-refractivity contribution in [2.45, 2.75) is 12.5 Å². The number of aromatic hydroxyl groups is 1. The highest BCUT2D eigenvalue weighted by Crippen LogP contribution is 2.43. The van der Waals surface area contributed by atoms with Crippen molar-refractivity contribution in [1.82, 2.24) is 20.0 Å². The van der Waals surface area contributed by atoms with Crippen LogP contribution in [0.1, 0.15) is 34.1 Å². The van der Waals surface area contributed by atoms with Crippen LogP contribution >= 0.6 is 11.6 Å². The number of phenolic OH excluding ortho intramolecular Hbond substituents is 1. The Balaban J connectivity index is 1.46. The van der Waals surface area contributed by atoms with Gasteiger partial charge in [-0.15, -0.1) is 0 Å². The molecule has 2 aliphatic heterocycles. The number of nitrogens with zero attached hydrogens (tertiary/aromatic N) is 3. The largest absolute Gasteiger partial charge is 0.508 e. The van der Waals surface area contributed by atoms with Gasteiger partial charge in [0, 0.05) is 42.3 Å². The highest BCUT2D eigenvalue weighted by atomic mass is 35.5. The van der Waals surface area contributed by atoms with Crippen molar-refractivity contribution >= 4 is 17.5 Å². The molecule has 8 heteroatoms. The zero-order valence-corrected chi connectivity index (χ0v) is 18.4. The quantitative estimate of drug-likeness (QED) is 0.596. The minimum Gasteiger partial charge on any atom is -0.508 e. The third-order valence-electron chi connectivity index (χ3n) is 6.17. The van der Waals surface area contributed by atoms with Crippen LogP contribution in [0.25, 0.3) is 11.3 Å². The number of hydrogen-bond acceptors (Lipinski definition) is 5. The van der Waals surface area contributed by atoms with Crippen molar-refractivity contribution in [3.05, 3.63) is 70.4 Å². The van der Waals surface area contributed by atoms with E-state index in [2.05, 4.69) is 15.1 Å². The fourth-order valence-electron chi connectivity index (χ4n) is 4.55. The van der Waals surface area contributed by atoms with Crippen LogP contribution < -0.4 is 0 Å². The standard InChI is InChI=1S/C24H25ClN4O3/c25-18-6-2-16(3-7-18)21-20-22(27-26-21)24(31)29(11-1-10-28-12-14-32-15-13-28)23(20)17-4-8-19(30)9-5-17/h2-9,23,30H,1,10-15H2,(H,26,27). The number of halogens is 1. The SMILES string of the molecule is O=C1c2[nH]nc(-c3ccc(Cl)cc3)c2C(c2ccc(O)cc2)N1CCCN1CCOCC1. The number of nitrogens with one attached hydrogen (secondary N) is 1. The molecule has 7 nitrogen and oxygen atoms in total. The van der Waals surface area contributed by atoms with Crippen molar-refractivity contribution in [3.8, 4) is 17.0 Å². The number of carbonyl (C=O) groups is 1. The number of carbonyl (C=O) groups excluding carboxylic acids is 1. The zero-order chi connectivity index (χ0) is 22.1. The fourth-order valence-corrected chi connectivity index (χ4v) is 4.67. The number of aromatic amines is 1. The van der Waals surface area contributed by atoms with Crippen molar-refractivity contribution in [1.29, 1.82) is 0 Å². The number of rotatable bonds is 6. The number of hydrogen-bond donors (Lipinski definition) is 2. The maximum atomic E-state index is 13.4. The van der Waals surface area contributed by atoms with Gasteiger partial charge in [-0.2, -0.15) is 5.10 Å². The lowest BCUT2D eigenvalue weighted by Crippen LogP contribution is -2.38. The molecule has 0 aliphatic carbocycles. The van der Waals surface area contributed by atoms with Crippen LogP contribution in [0.2, 0.25) is 5.02 Å². The summed E-state index contributed by atoms with van der Waals surface area (Å²) in [7, 11) is 0. The van der Waals surface area contributed by atoms with Crippen molar-refractivity contribution in [3.63, 3.8) is 0 Å². The van der Waals surface area contributed by atoms with Crippen LogP contribution in [-0.4, -0.2) is 70.4 Å². The van der Waals surface area contributed by atoms with Gasteiger partial charge in [-0.1, -0.05) is 35.9 Å². The van der Waals surface area contributed by atoms with Crippen molar-refractivity contribution in [2.24, 2.45) is 0 Å². The number of morpholine rings is 1. The Morgan fingerprint density at radius 3 is 2.50 bits per heavy atom. The Hall–Kier alpha value is -2.87. The first kappa shape index (κ1) is 21.0. The molecule has 3 heterocycles. The summed E-state index contributed by atoms with van der Waals surface area (Å²) in [6.45, 7) is 4.94. The molecule has 0 bridgehead atoms. The average molecular weight is 453 g/mol. The number of amides is 1. The van der Waals surface area contributed by atoms with Crippen LogP contribution in [0.3, 0.4) is 0 Å². The van der Waals surface area contributed by atoms with Gasteiger partial charge in [0.2, 0.25) is 0 Å². The highest BCUT2D eigenvalue weighted by molar-refractivity contribution is 6.30. The Labute approximate surface area is 191 Å². The number of fused-ring (bicyclic) bond motifs is 1. The minimum atomic E-state index is -0.271. The van der Waals surface area contributed by atoms with E-state index in [1.165, 1.54) is 0 Å². The first-order chi connectivity index (χ1) is 15.6. The van der Waals surface area contributed by atoms with Crippen LogP contribution in [0, 0.1) is 0 Å². The molecular formula is C24H25ClN4O3. The maximum Gasteiger partial charge on any atom is 0.273 e. The molecule has 0 saturated carbocycles. The molecule has 1 amide bonds. The second kappa shape index (κ2) is 8.94. The number of H-pyrrole nitrogens is 1. The van der Waals surface area contributed by atoms with E-state index in [4.69, 9.17) is 16.3 Å². The molecule has 1 atom stereocenters. The molecule has 2 aromatic carbocycles. The van der Waals surface area contributed by atoms with E-state index >= 15 is 0 Å². The summed E-state index contributed by atoms with van der Waals surface area (Å²) in [5.74, 6) is 0.148. The predicted octanol–water partition coefficient (Wildman–Crippen LogP) is 3.70. The van der Waals surface area contributed by atoms with E-state index < -0.39 is 0 Å².